The molecule has 2 aliphatic heterocycles. The van der Waals surface area contributed by atoms with Crippen LogP contribution < -0.4 is 0 Å². The maximum Gasteiger partial charge on any atom is 0.185 e. The summed E-state index contributed by atoms with van der Waals surface area (Å²) < 4.78 is 0. The van der Waals surface area contributed by atoms with Crippen LogP contribution in [0.1, 0.15) is 44.2 Å². The van der Waals surface area contributed by atoms with E-state index < -0.39 is 0 Å². The fraction of sp³-hybridized carbons (Fsp3) is 0.625. The van der Waals surface area contributed by atoms with E-state index in [2.05, 4.69) is 26.4 Å². The Kier molecular flexibility index (Phi) is 3.97. The van der Waals surface area contributed by atoms with Gasteiger partial charge in [0.1, 0.15) is 24.2 Å². The Bertz CT molecular complexity index is 647. The summed E-state index contributed by atoms with van der Waals surface area (Å²) in [6, 6.07) is 2.52. The summed E-state index contributed by atoms with van der Waals surface area (Å²) >= 11 is 1.47. The zero-order valence-electron chi connectivity index (χ0n) is 13.2. The summed E-state index contributed by atoms with van der Waals surface area (Å²) in [5, 5.41) is 11.0. The number of aromatic nitrogens is 1. The summed E-state index contributed by atoms with van der Waals surface area (Å²) in [7, 11) is 0. The number of hydrogen-bond donors (Lipinski definition) is 1. The Morgan fingerprint density at radius 1 is 1.39 bits per heavy atom. The average Bonchev–Trinajstić information content (AvgIpc) is 3.19. The summed E-state index contributed by atoms with van der Waals surface area (Å²) in [4.78, 5) is 18.7. The predicted molar refractivity (Wildman–Crippen MR) is 90.8 cm³/mol. The van der Waals surface area contributed by atoms with Crippen molar-refractivity contribution in [3.05, 3.63) is 17.8 Å². The Labute approximate surface area is 139 Å². The number of thioether (sulfide) groups is 1. The molecule has 6 nitrogen and oxygen atoms in total. The normalized spacial score (nSPS) is 32.0. The summed E-state index contributed by atoms with van der Waals surface area (Å²) in [6.45, 7) is 1.66. The maximum absolute atomic E-state index is 11.1. The van der Waals surface area contributed by atoms with Crippen LogP contribution in [0, 0.1) is 11.8 Å². The first kappa shape index (κ1) is 14.9. The van der Waals surface area contributed by atoms with Gasteiger partial charge in [-0.15, -0.1) is 0 Å². The molecule has 4 rings (SSSR count). The highest BCUT2D eigenvalue weighted by atomic mass is 32.2. The van der Waals surface area contributed by atoms with E-state index in [4.69, 9.17) is 0 Å². The van der Waals surface area contributed by atoms with E-state index in [0.29, 0.717) is 11.8 Å². The third kappa shape index (κ3) is 2.82. The number of hydrogen-bond acceptors (Lipinski definition) is 6. The standard InChI is InChI=1S/C16H21N5OS/c1-10(22)23-8-11-2-4-12(5-3-11)14-15-13-6-7-17-16(13)18-9-21(15)20-19-14/h6-7,9,11-12,14-15,17H,2-5,8H2,1H3. The fourth-order valence-electron chi connectivity index (χ4n) is 3.94. The highest BCUT2D eigenvalue weighted by Gasteiger charge is 2.42. The molecule has 3 heterocycles. The molecule has 2 atom stereocenters. The van der Waals surface area contributed by atoms with Gasteiger partial charge in [0.25, 0.3) is 0 Å². The van der Waals surface area contributed by atoms with Gasteiger partial charge in [-0.1, -0.05) is 17.0 Å². The molecule has 1 saturated carbocycles. The lowest BCUT2D eigenvalue weighted by atomic mass is 9.76. The van der Waals surface area contributed by atoms with Crippen LogP contribution >= 0.6 is 11.8 Å². The van der Waals surface area contributed by atoms with Gasteiger partial charge in [0.05, 0.1) is 0 Å². The molecule has 0 amide bonds. The molecule has 1 N–H and O–H groups in total. The molecule has 0 aromatic carbocycles. The molecule has 7 heteroatoms. The van der Waals surface area contributed by atoms with E-state index in [-0.39, 0.29) is 17.2 Å². The molecule has 1 aromatic heterocycles. The Morgan fingerprint density at radius 3 is 3.00 bits per heavy atom. The van der Waals surface area contributed by atoms with E-state index in [1.807, 2.05) is 11.2 Å². The van der Waals surface area contributed by atoms with E-state index in [9.17, 15) is 4.79 Å². The van der Waals surface area contributed by atoms with Crippen molar-refractivity contribution in [1.29, 1.82) is 0 Å². The molecule has 0 bridgehead atoms. The first-order valence-corrected chi connectivity index (χ1v) is 9.25. The molecular formula is C16H21N5OS. The number of nitrogens with zero attached hydrogens (tertiary/aromatic N) is 4. The Morgan fingerprint density at radius 2 is 2.22 bits per heavy atom. The molecule has 3 aliphatic rings. The van der Waals surface area contributed by atoms with Crippen molar-refractivity contribution in [2.24, 2.45) is 27.2 Å². The number of carbonyl (C=O) groups is 1. The molecule has 23 heavy (non-hydrogen) atoms. The second-order valence-electron chi connectivity index (χ2n) is 6.63. The molecule has 122 valence electrons. The number of nitrogens with one attached hydrogen (secondary N) is 1. The van der Waals surface area contributed by atoms with Gasteiger partial charge in [-0.2, -0.15) is 5.11 Å². The number of H-pyrrole nitrogens is 1. The summed E-state index contributed by atoms with van der Waals surface area (Å²) in [5.41, 5.74) is 1.21. The molecular weight excluding hydrogens is 310 g/mol. The largest absolute Gasteiger partial charge is 0.346 e. The smallest absolute Gasteiger partial charge is 0.185 e. The highest BCUT2D eigenvalue weighted by Crippen LogP contribution is 2.45. The van der Waals surface area contributed by atoms with Crippen molar-refractivity contribution in [2.75, 3.05) is 5.75 Å². The number of fused-ring (bicyclic) bond motifs is 3. The van der Waals surface area contributed by atoms with Crippen LogP contribution in [0.5, 0.6) is 0 Å². The third-order valence-corrected chi connectivity index (χ3v) is 6.22. The van der Waals surface area contributed by atoms with Gasteiger partial charge < -0.3 is 4.98 Å². The second kappa shape index (κ2) is 6.11. The molecule has 1 fully saturated rings. The SMILES string of the molecule is CC(=O)SCC1CCC(C2N=NN3C=Nc4[nH]ccc4C23)CC1. The number of rotatable bonds is 3. The van der Waals surface area contributed by atoms with Gasteiger partial charge in [0.15, 0.2) is 5.12 Å². The van der Waals surface area contributed by atoms with Gasteiger partial charge in [0, 0.05) is 24.4 Å². The van der Waals surface area contributed by atoms with Crippen LogP contribution in [0.2, 0.25) is 0 Å². The third-order valence-electron chi connectivity index (χ3n) is 5.17. The highest BCUT2D eigenvalue weighted by molar-refractivity contribution is 8.13. The van der Waals surface area contributed by atoms with Gasteiger partial charge in [-0.3, -0.25) is 4.79 Å². The van der Waals surface area contributed by atoms with Gasteiger partial charge in [-0.25, -0.2) is 10.0 Å². The van der Waals surface area contributed by atoms with Crippen LogP contribution in [0.25, 0.3) is 0 Å². The van der Waals surface area contributed by atoms with Gasteiger partial charge in [-0.05, 0) is 43.6 Å². The van der Waals surface area contributed by atoms with Crippen molar-refractivity contribution in [2.45, 2.75) is 44.7 Å². The zero-order chi connectivity index (χ0) is 15.8. The molecule has 1 aliphatic carbocycles. The Balaban J connectivity index is 1.41. The van der Waals surface area contributed by atoms with Crippen molar-refractivity contribution < 1.29 is 4.79 Å². The lowest BCUT2D eigenvalue weighted by Gasteiger charge is -2.34. The number of aliphatic imine (C=N–C) groups is 1. The van der Waals surface area contributed by atoms with Crippen LogP contribution in [0.3, 0.4) is 0 Å². The number of aromatic amines is 1. The van der Waals surface area contributed by atoms with E-state index in [1.165, 1.54) is 43.0 Å². The minimum absolute atomic E-state index is 0.196. The van der Waals surface area contributed by atoms with E-state index >= 15 is 0 Å². The van der Waals surface area contributed by atoms with Gasteiger partial charge >= 0.3 is 0 Å². The predicted octanol–water partition coefficient (Wildman–Crippen LogP) is 3.87. The molecule has 1 aromatic rings. The van der Waals surface area contributed by atoms with Crippen molar-refractivity contribution in [1.82, 2.24) is 9.99 Å². The lowest BCUT2D eigenvalue weighted by molar-refractivity contribution is -0.109. The monoisotopic (exact) mass is 331 g/mol. The topological polar surface area (TPSA) is 73.2 Å². The quantitative estimate of drug-likeness (QED) is 0.914. The van der Waals surface area contributed by atoms with Crippen LogP contribution in [0.15, 0.2) is 27.6 Å². The lowest BCUT2D eigenvalue weighted by Crippen LogP contribution is -2.34. The minimum atomic E-state index is 0.196. The van der Waals surface area contributed by atoms with E-state index in [0.717, 1.165) is 11.6 Å². The fourth-order valence-corrected chi connectivity index (χ4v) is 4.74. The van der Waals surface area contributed by atoms with Crippen LogP contribution in [-0.2, 0) is 4.79 Å². The van der Waals surface area contributed by atoms with Crippen molar-refractivity contribution in [3.63, 3.8) is 0 Å². The maximum atomic E-state index is 11.1. The van der Waals surface area contributed by atoms with Crippen LogP contribution in [0.4, 0.5) is 5.82 Å². The van der Waals surface area contributed by atoms with Crippen molar-refractivity contribution in [3.8, 4) is 0 Å². The number of carbonyl (C=O) groups excluding carboxylic acids is 1. The average molecular weight is 331 g/mol. The molecule has 0 spiro atoms. The molecule has 2 unspecified atom stereocenters. The van der Waals surface area contributed by atoms with Crippen molar-refractivity contribution >= 4 is 29.0 Å². The Hall–Kier alpha value is -1.63. The first-order chi connectivity index (χ1) is 11.2. The second-order valence-corrected chi connectivity index (χ2v) is 7.83. The molecule has 0 radical (unpaired) electrons. The minimum Gasteiger partial charge on any atom is -0.346 e. The summed E-state index contributed by atoms with van der Waals surface area (Å²) in [5.74, 6) is 3.15. The summed E-state index contributed by atoms with van der Waals surface area (Å²) in [6.07, 6.45) is 8.45. The van der Waals surface area contributed by atoms with Gasteiger partial charge in [0.2, 0.25) is 0 Å². The zero-order valence-corrected chi connectivity index (χ0v) is 14.0. The molecule has 0 saturated heterocycles. The van der Waals surface area contributed by atoms with E-state index in [1.54, 1.807) is 13.3 Å². The first-order valence-electron chi connectivity index (χ1n) is 8.26. The van der Waals surface area contributed by atoms with Crippen LogP contribution in [-0.4, -0.2) is 33.2 Å².